The van der Waals surface area contributed by atoms with Crippen LogP contribution in [0.1, 0.15) is 228 Å². The number of rotatable bonds is 0. The Morgan fingerprint density at radius 1 is 0.198 bits per heavy atom. The molecular weight excluding hydrogens is 1500 g/mol. The summed E-state index contributed by atoms with van der Waals surface area (Å²) in [5.41, 5.74) is 49.5. The van der Waals surface area contributed by atoms with Crippen LogP contribution in [0.5, 0.6) is 0 Å². The third-order valence-corrected chi connectivity index (χ3v) is 31.7. The third kappa shape index (κ3) is 13.6. The van der Waals surface area contributed by atoms with E-state index in [4.69, 9.17) is 19.4 Å². The molecule has 0 saturated carbocycles. The monoisotopic (exact) mass is 1610 g/mol. The van der Waals surface area contributed by atoms with E-state index < -0.39 is 0 Å². The summed E-state index contributed by atoms with van der Waals surface area (Å²) in [5.74, 6) is 5.11. The van der Waals surface area contributed by atoms with Crippen molar-refractivity contribution in [1.82, 2.24) is 59.8 Å². The molecule has 1 aliphatic carbocycles. The maximum absolute atomic E-state index is 6.06. The molecule has 11 heterocycles. The SMILES string of the molecule is Cc1nc(C)c2c(n1)C(C)(C)c1c(C)c(C)c(C)c(C)c1-2.Cc1nc(C)c2c(n1)sc1c(C)c(C)c(C)c(C)c12.Cc1nc(C)c2c(n1)sc1c(C)c(C)c(C)c(C)c12.Cc1nc(C)c2oc3c(C)c(C)c(C)c(C)c3c2n1.Cc1nc(C)c2sc3c(C)c(C)c(C)c(C)c3c2n1.Cc1nc(C)c2sc3c(C)c(C)c(C)c(C)c3c2n1. The molecule has 116 heavy (non-hydrogen) atoms. The smallest absolute Gasteiger partial charge is 0.175 e. The third-order valence-electron chi connectivity index (χ3n) is 26.5. The lowest BCUT2D eigenvalue weighted by Gasteiger charge is -2.25. The van der Waals surface area contributed by atoms with Gasteiger partial charge in [-0.15, -0.1) is 45.3 Å². The van der Waals surface area contributed by atoms with Crippen LogP contribution >= 0.6 is 45.3 Å². The van der Waals surface area contributed by atoms with E-state index >= 15 is 0 Å². The van der Waals surface area contributed by atoms with Crippen molar-refractivity contribution in [2.24, 2.45) is 0 Å². The predicted molar refractivity (Wildman–Crippen MR) is 499 cm³/mol. The Hall–Kier alpha value is -9.52. The molecule has 0 amide bonds. The van der Waals surface area contributed by atoms with Crippen molar-refractivity contribution in [2.75, 3.05) is 0 Å². The van der Waals surface area contributed by atoms with Crippen LogP contribution in [0, 0.1) is 249 Å². The standard InChI is InChI=1S/C19H24N2.C16H18N2O.4C16H18N2S/c1-9-10(2)12(4)17-15(11(9)3)16-13(5)20-14(6)21-18(16)19(17,7)8;3*1-7-8(2)10(4)15-13(9(7)3)14-16(19-15)11(5)17-12(6)18-14;2*1-7-8(2)10(4)15-13(9(7)3)14-11(5)17-12(6)18-16(14)19-15/h1-8H3;5*1-6H3. The molecule has 1 aliphatic rings. The second-order valence-corrected chi connectivity index (χ2v) is 37.7. The highest BCUT2D eigenvalue weighted by atomic mass is 32.1. The van der Waals surface area contributed by atoms with Crippen LogP contribution in [0.15, 0.2) is 4.42 Å². The van der Waals surface area contributed by atoms with Gasteiger partial charge in [0.05, 0.1) is 60.0 Å². The van der Waals surface area contributed by atoms with Crippen molar-refractivity contribution >= 4 is 149 Å². The summed E-state index contributed by atoms with van der Waals surface area (Å²) in [4.78, 5) is 57.4. The molecule has 17 heteroatoms. The number of benzene rings is 6. The van der Waals surface area contributed by atoms with Crippen molar-refractivity contribution in [3.05, 3.63) is 214 Å². The van der Waals surface area contributed by atoms with Crippen LogP contribution in [0.2, 0.25) is 0 Å². The number of fused-ring (bicyclic) bond motifs is 18. The quantitative estimate of drug-likeness (QED) is 0.141. The first-order valence-corrected chi connectivity index (χ1v) is 43.7. The lowest BCUT2D eigenvalue weighted by atomic mass is 9.79. The fourth-order valence-corrected chi connectivity index (χ4v) is 23.4. The van der Waals surface area contributed by atoms with E-state index in [9.17, 15) is 0 Å². The van der Waals surface area contributed by atoms with Crippen molar-refractivity contribution in [1.29, 1.82) is 0 Å². The number of nitrogens with zero attached hydrogens (tertiary/aromatic N) is 12. The highest BCUT2D eigenvalue weighted by Gasteiger charge is 2.42. The van der Waals surface area contributed by atoms with Crippen molar-refractivity contribution < 1.29 is 4.42 Å². The first-order valence-electron chi connectivity index (χ1n) is 40.4. The van der Waals surface area contributed by atoms with E-state index in [-0.39, 0.29) is 5.41 Å². The van der Waals surface area contributed by atoms with Crippen molar-refractivity contribution in [3.63, 3.8) is 0 Å². The molecule has 17 aromatic rings. The zero-order chi connectivity index (χ0) is 85.2. The average molecular weight is 1620 g/mol. The largest absolute Gasteiger partial charge is 0.452 e. The molecule has 0 N–H and O–H groups in total. The predicted octanol–water partition coefficient (Wildman–Crippen LogP) is 27.6. The maximum atomic E-state index is 6.06. The molecule has 0 saturated heterocycles. The first kappa shape index (κ1) is 84.4. The molecule has 13 nitrogen and oxygen atoms in total. The van der Waals surface area contributed by atoms with Crippen molar-refractivity contribution in [3.8, 4) is 11.1 Å². The number of hydrogen-bond donors (Lipinski definition) is 0. The van der Waals surface area contributed by atoms with Crippen LogP contribution in [0.4, 0.5) is 0 Å². The molecule has 6 aromatic carbocycles. The van der Waals surface area contributed by atoms with Gasteiger partial charge in [0, 0.05) is 67.8 Å². The second-order valence-electron chi connectivity index (χ2n) is 33.7. The van der Waals surface area contributed by atoms with Crippen LogP contribution in [-0.2, 0) is 5.41 Å². The molecule has 0 spiro atoms. The number of aryl methyl sites for hydroxylation is 22. The number of hydrogen-bond acceptors (Lipinski definition) is 17. The summed E-state index contributed by atoms with van der Waals surface area (Å²) in [6.45, 7) is 81.8. The van der Waals surface area contributed by atoms with Gasteiger partial charge in [-0.3, -0.25) is 0 Å². The summed E-state index contributed by atoms with van der Waals surface area (Å²) >= 11 is 7.28. The Kier molecular flexibility index (Phi) is 22.4. The summed E-state index contributed by atoms with van der Waals surface area (Å²) in [6.07, 6.45) is 0. The Morgan fingerprint density at radius 3 is 0.897 bits per heavy atom. The van der Waals surface area contributed by atoms with E-state index in [0.717, 1.165) is 112 Å². The molecule has 0 atom stereocenters. The van der Waals surface area contributed by atoms with Crippen LogP contribution < -0.4 is 0 Å². The topological polar surface area (TPSA) is 168 Å². The van der Waals surface area contributed by atoms with E-state index in [2.05, 4.69) is 259 Å². The molecule has 600 valence electrons. The highest BCUT2D eigenvalue weighted by Crippen LogP contribution is 2.54. The highest BCUT2D eigenvalue weighted by molar-refractivity contribution is 7.27. The van der Waals surface area contributed by atoms with Gasteiger partial charge in [0.2, 0.25) is 0 Å². The Balaban J connectivity index is 0.000000121. The van der Waals surface area contributed by atoms with Gasteiger partial charge in [-0.2, -0.15) is 0 Å². The lowest BCUT2D eigenvalue weighted by molar-refractivity contribution is 0.625. The minimum Gasteiger partial charge on any atom is -0.452 e. The van der Waals surface area contributed by atoms with Gasteiger partial charge in [-0.05, 0) is 394 Å². The molecular formula is C99H114N12OS4. The van der Waals surface area contributed by atoms with Crippen molar-refractivity contribution in [2.45, 2.75) is 269 Å². The normalized spacial score (nSPS) is 12.3. The van der Waals surface area contributed by atoms with Gasteiger partial charge >= 0.3 is 0 Å². The summed E-state index contributed by atoms with van der Waals surface area (Å²) in [5, 5.41) is 9.01. The number of aromatic nitrogens is 12. The zero-order valence-electron chi connectivity index (χ0n) is 75.9. The fraction of sp³-hybridized carbons (Fsp3) is 0.394. The first-order chi connectivity index (χ1) is 54.2. The fourth-order valence-electron chi connectivity index (χ4n) is 18.0. The summed E-state index contributed by atoms with van der Waals surface area (Å²) < 4.78 is 14.0. The van der Waals surface area contributed by atoms with Gasteiger partial charge in [-0.1, -0.05) is 13.8 Å². The van der Waals surface area contributed by atoms with Crippen LogP contribution in [0.3, 0.4) is 0 Å². The minimum atomic E-state index is -0.0452. The Morgan fingerprint density at radius 2 is 0.491 bits per heavy atom. The van der Waals surface area contributed by atoms with E-state index in [0.29, 0.717) is 0 Å². The van der Waals surface area contributed by atoms with E-state index in [1.165, 1.54) is 216 Å². The van der Waals surface area contributed by atoms with E-state index in [1.807, 2.05) is 71.1 Å². The molecule has 0 unspecified atom stereocenters. The molecule has 0 radical (unpaired) electrons. The zero-order valence-corrected chi connectivity index (χ0v) is 79.2. The molecule has 18 rings (SSSR count). The maximum Gasteiger partial charge on any atom is 0.175 e. The molecule has 0 bridgehead atoms. The molecule has 0 aliphatic heterocycles. The second kappa shape index (κ2) is 30.8. The van der Waals surface area contributed by atoms with Crippen LogP contribution in [-0.4, -0.2) is 59.8 Å². The van der Waals surface area contributed by atoms with Gasteiger partial charge in [-0.25, -0.2) is 59.8 Å². The average Bonchev–Trinajstić information content (AvgIpc) is 1.57. The molecule has 11 aromatic heterocycles. The molecule has 0 fully saturated rings. The van der Waals surface area contributed by atoms with E-state index in [1.54, 1.807) is 22.7 Å². The summed E-state index contributed by atoms with van der Waals surface area (Å²) in [6, 6.07) is 0. The lowest BCUT2D eigenvalue weighted by Crippen LogP contribution is -2.19. The van der Waals surface area contributed by atoms with Gasteiger partial charge < -0.3 is 4.42 Å². The van der Waals surface area contributed by atoms with Gasteiger partial charge in [0.1, 0.15) is 55.7 Å². The van der Waals surface area contributed by atoms with Gasteiger partial charge in [0.15, 0.2) is 5.58 Å². The number of furan rings is 1. The Labute approximate surface area is 701 Å². The summed E-state index contributed by atoms with van der Waals surface area (Å²) in [7, 11) is 0. The number of thiophene rings is 4. The minimum absolute atomic E-state index is 0.0452. The Bertz CT molecular complexity index is 6600. The van der Waals surface area contributed by atoms with Crippen LogP contribution in [0.25, 0.3) is 114 Å². The van der Waals surface area contributed by atoms with Gasteiger partial charge in [0.25, 0.3) is 0 Å².